The third-order valence-corrected chi connectivity index (χ3v) is 2.06. The summed E-state index contributed by atoms with van der Waals surface area (Å²) in [4.78, 5) is 9.29. The molecule has 0 spiro atoms. The molecule has 0 aromatic rings. The molecule has 0 amide bonds. The van der Waals surface area contributed by atoms with Crippen molar-refractivity contribution in [3.05, 3.63) is 17.5 Å². The Balaban J connectivity index is 1.88. The summed E-state index contributed by atoms with van der Waals surface area (Å²) in [6.07, 6.45) is 2.69. The largest absolute Gasteiger partial charge is 0.566 e. The molecule has 0 bridgehead atoms. The van der Waals surface area contributed by atoms with Gasteiger partial charge in [0.05, 0.1) is 20.0 Å². The lowest BCUT2D eigenvalue weighted by atomic mass is 10.2. The Morgan fingerprint density at radius 3 is 3.23 bits per heavy atom. The molecule has 2 heterocycles. The van der Waals surface area contributed by atoms with E-state index in [9.17, 15) is 5.21 Å². The molecule has 2 aliphatic rings. The molecule has 4 unspecified atom stereocenters. The van der Waals surface area contributed by atoms with Crippen molar-refractivity contribution in [3.8, 4) is 0 Å². The Hall–Kier alpha value is -0.660. The minimum atomic E-state index is -0.704. The Labute approximate surface area is 75.1 Å². The van der Waals surface area contributed by atoms with Crippen LogP contribution in [0, 0.1) is 5.21 Å². The Morgan fingerprint density at radius 2 is 2.46 bits per heavy atom. The average Bonchev–Trinajstić information content (AvgIpc) is 2.69. The number of quaternary nitrogens is 1. The molecule has 1 N–H and O–H groups in total. The molecule has 2 rings (SSSR count). The summed E-state index contributed by atoms with van der Waals surface area (Å²) in [5, 5.41) is 10.1. The molecule has 13 heavy (non-hydrogen) atoms. The fourth-order valence-corrected chi connectivity index (χ4v) is 1.42. The first-order chi connectivity index (χ1) is 6.31. The Morgan fingerprint density at radius 1 is 1.62 bits per heavy atom. The molecule has 0 aromatic carbocycles. The molecule has 74 valence electrons. The van der Waals surface area contributed by atoms with E-state index in [2.05, 4.69) is 4.84 Å². The highest BCUT2D eigenvalue weighted by molar-refractivity contribution is 5.03. The molecule has 6 heteroatoms. The van der Waals surface area contributed by atoms with Crippen molar-refractivity contribution >= 4 is 0 Å². The van der Waals surface area contributed by atoms with Gasteiger partial charge in [0, 0.05) is 0 Å². The number of nitrogens with one attached hydrogen (secondary N) is 1. The van der Waals surface area contributed by atoms with Gasteiger partial charge in [-0.05, 0) is 6.08 Å². The first-order valence-electron chi connectivity index (χ1n) is 3.99. The molecular weight excluding hydrogens is 178 g/mol. The number of hydrogen-bond donors (Lipinski definition) is 1. The predicted molar refractivity (Wildman–Crippen MR) is 40.0 cm³/mol. The van der Waals surface area contributed by atoms with E-state index >= 15 is 0 Å². The van der Waals surface area contributed by atoms with Gasteiger partial charge in [0.15, 0.2) is 12.2 Å². The van der Waals surface area contributed by atoms with E-state index in [-0.39, 0.29) is 18.3 Å². The molecule has 0 radical (unpaired) electrons. The molecule has 1 saturated heterocycles. The van der Waals surface area contributed by atoms with Crippen LogP contribution in [-0.4, -0.2) is 32.0 Å². The van der Waals surface area contributed by atoms with Gasteiger partial charge in [-0.25, -0.2) is 0 Å². The summed E-state index contributed by atoms with van der Waals surface area (Å²) in [5.41, 5.74) is 0. The van der Waals surface area contributed by atoms with Gasteiger partial charge in [-0.15, -0.1) is 0 Å². The Bertz CT molecular complexity index is 209. The SMILES string of the molecule is CO[NH+]([O-])OC1COC2C=COC21. The quantitative estimate of drug-likeness (QED) is 0.550. The van der Waals surface area contributed by atoms with Crippen LogP contribution in [0.1, 0.15) is 0 Å². The number of ether oxygens (including phenoxy) is 2. The molecule has 0 aliphatic carbocycles. The lowest BCUT2D eigenvalue weighted by Gasteiger charge is -2.21. The second-order valence-electron chi connectivity index (χ2n) is 2.84. The van der Waals surface area contributed by atoms with E-state index < -0.39 is 5.39 Å². The maximum absolute atomic E-state index is 10.8. The molecule has 2 aliphatic heterocycles. The lowest BCUT2D eigenvalue weighted by Crippen LogP contribution is -3.05. The maximum atomic E-state index is 10.8. The molecule has 0 aromatic heterocycles. The summed E-state index contributed by atoms with van der Waals surface area (Å²) >= 11 is 0. The second kappa shape index (κ2) is 3.60. The molecular formula is C7H11NO5. The molecule has 6 nitrogen and oxygen atoms in total. The summed E-state index contributed by atoms with van der Waals surface area (Å²) in [6.45, 7) is 0.356. The number of fused-ring (bicyclic) bond motifs is 1. The van der Waals surface area contributed by atoms with E-state index in [4.69, 9.17) is 14.3 Å². The fraction of sp³-hybridized carbons (Fsp3) is 0.714. The van der Waals surface area contributed by atoms with Gasteiger partial charge in [-0.2, -0.15) is 9.68 Å². The van der Waals surface area contributed by atoms with Crippen LogP contribution in [0.25, 0.3) is 0 Å². The zero-order valence-corrected chi connectivity index (χ0v) is 7.14. The van der Waals surface area contributed by atoms with E-state index in [1.54, 1.807) is 12.3 Å². The van der Waals surface area contributed by atoms with E-state index in [0.29, 0.717) is 6.61 Å². The lowest BCUT2D eigenvalue weighted by molar-refractivity contribution is -1.21. The molecule has 1 fully saturated rings. The first-order valence-corrected chi connectivity index (χ1v) is 3.99. The van der Waals surface area contributed by atoms with Crippen LogP contribution in [0.15, 0.2) is 12.3 Å². The van der Waals surface area contributed by atoms with Crippen molar-refractivity contribution in [3.63, 3.8) is 0 Å². The van der Waals surface area contributed by atoms with Crippen LogP contribution < -0.4 is 5.39 Å². The van der Waals surface area contributed by atoms with Crippen LogP contribution >= 0.6 is 0 Å². The van der Waals surface area contributed by atoms with Crippen molar-refractivity contribution in [1.82, 2.24) is 0 Å². The smallest absolute Gasteiger partial charge is 0.184 e. The van der Waals surface area contributed by atoms with Crippen LogP contribution in [0.5, 0.6) is 0 Å². The zero-order valence-electron chi connectivity index (χ0n) is 7.14. The van der Waals surface area contributed by atoms with Crippen molar-refractivity contribution in [2.45, 2.75) is 18.3 Å². The predicted octanol–water partition coefficient (Wildman–Crippen LogP) is -1.46. The van der Waals surface area contributed by atoms with Crippen LogP contribution in [-0.2, 0) is 19.1 Å². The third kappa shape index (κ3) is 1.67. The highest BCUT2D eigenvalue weighted by Gasteiger charge is 2.43. The van der Waals surface area contributed by atoms with Crippen molar-refractivity contribution < 1.29 is 24.5 Å². The van der Waals surface area contributed by atoms with Crippen LogP contribution in [0.3, 0.4) is 0 Å². The minimum absolute atomic E-state index is 0.0883. The van der Waals surface area contributed by atoms with Gasteiger partial charge in [-0.1, -0.05) is 5.39 Å². The van der Waals surface area contributed by atoms with Gasteiger partial charge in [0.25, 0.3) is 0 Å². The van der Waals surface area contributed by atoms with E-state index in [1.165, 1.54) is 7.11 Å². The summed E-state index contributed by atoms with van der Waals surface area (Å²) in [7, 11) is 1.27. The number of rotatable bonds is 3. The molecule has 4 atom stereocenters. The zero-order chi connectivity index (χ0) is 9.26. The topological polar surface area (TPSA) is 64.4 Å². The maximum Gasteiger partial charge on any atom is 0.184 e. The molecule has 0 saturated carbocycles. The highest BCUT2D eigenvalue weighted by atomic mass is 17.1. The average molecular weight is 189 g/mol. The van der Waals surface area contributed by atoms with Gasteiger partial charge in [0.2, 0.25) is 0 Å². The summed E-state index contributed by atoms with van der Waals surface area (Å²) in [6, 6.07) is 0. The van der Waals surface area contributed by atoms with Gasteiger partial charge in [0.1, 0.15) is 6.10 Å². The highest BCUT2D eigenvalue weighted by Crippen LogP contribution is 2.25. The van der Waals surface area contributed by atoms with Crippen LogP contribution in [0.4, 0.5) is 0 Å². The normalized spacial score (nSPS) is 38.8. The van der Waals surface area contributed by atoms with E-state index in [0.717, 1.165) is 0 Å². The Kier molecular flexibility index (Phi) is 2.47. The third-order valence-electron chi connectivity index (χ3n) is 2.06. The van der Waals surface area contributed by atoms with Gasteiger partial charge < -0.3 is 14.7 Å². The fourth-order valence-electron chi connectivity index (χ4n) is 1.42. The van der Waals surface area contributed by atoms with Crippen molar-refractivity contribution in [2.24, 2.45) is 0 Å². The minimum Gasteiger partial charge on any atom is -0.566 e. The first kappa shape index (κ1) is 8.92. The second-order valence-corrected chi connectivity index (χ2v) is 2.84. The van der Waals surface area contributed by atoms with E-state index in [1.807, 2.05) is 0 Å². The monoisotopic (exact) mass is 189 g/mol. The van der Waals surface area contributed by atoms with Gasteiger partial charge >= 0.3 is 0 Å². The summed E-state index contributed by atoms with van der Waals surface area (Å²) in [5.74, 6) is 0. The van der Waals surface area contributed by atoms with Crippen LogP contribution in [0.2, 0.25) is 0 Å². The number of hydrogen-bond acceptors (Lipinski definition) is 5. The van der Waals surface area contributed by atoms with Crippen molar-refractivity contribution in [2.75, 3.05) is 13.7 Å². The van der Waals surface area contributed by atoms with Gasteiger partial charge in [-0.3, -0.25) is 0 Å². The standard InChI is InChI=1S/C7H11NO5/c1-10-8(9)13-6-4-12-5-2-3-11-7(5)6/h2-3,5-8H,4H2,1H3. The summed E-state index contributed by atoms with van der Waals surface area (Å²) < 4.78 is 10.5. The van der Waals surface area contributed by atoms with Crippen molar-refractivity contribution in [1.29, 1.82) is 0 Å².